The summed E-state index contributed by atoms with van der Waals surface area (Å²) in [5.74, 6) is 6.09. The third-order valence-electron chi connectivity index (χ3n) is 1.52. The van der Waals surface area contributed by atoms with E-state index in [2.05, 4.69) is 5.43 Å². The monoisotopic (exact) mass is 166 g/mol. The van der Waals surface area contributed by atoms with Gasteiger partial charge < -0.3 is 4.74 Å². The lowest BCUT2D eigenvalue weighted by molar-refractivity contribution is 0.340. The maximum atomic E-state index is 5.32. The first-order valence-electron chi connectivity index (χ1n) is 4.02. The van der Waals surface area contributed by atoms with Crippen molar-refractivity contribution >= 4 is 0 Å². The van der Waals surface area contributed by atoms with Crippen LogP contribution in [0.15, 0.2) is 24.3 Å². The topological polar surface area (TPSA) is 47.3 Å². The van der Waals surface area contributed by atoms with Crippen molar-refractivity contribution in [1.82, 2.24) is 5.43 Å². The minimum atomic E-state index is 0.668. The van der Waals surface area contributed by atoms with Crippen molar-refractivity contribution in [2.75, 3.05) is 6.61 Å². The van der Waals surface area contributed by atoms with E-state index < -0.39 is 0 Å². The van der Waals surface area contributed by atoms with Crippen LogP contribution in [0.1, 0.15) is 12.5 Å². The van der Waals surface area contributed by atoms with E-state index in [0.717, 1.165) is 11.3 Å². The fourth-order valence-electron chi connectivity index (χ4n) is 1.03. The molecule has 3 N–H and O–H groups in total. The molecule has 3 heteroatoms. The first-order chi connectivity index (χ1) is 5.86. The van der Waals surface area contributed by atoms with Crippen LogP contribution in [0, 0.1) is 0 Å². The average Bonchev–Trinajstić information content (AvgIpc) is 2.06. The molecule has 0 aromatic heterocycles. The van der Waals surface area contributed by atoms with E-state index in [0.29, 0.717) is 13.2 Å². The minimum absolute atomic E-state index is 0.668. The van der Waals surface area contributed by atoms with Gasteiger partial charge in [-0.25, -0.2) is 0 Å². The first-order valence-corrected chi connectivity index (χ1v) is 4.02. The summed E-state index contributed by atoms with van der Waals surface area (Å²) in [6, 6.07) is 7.87. The van der Waals surface area contributed by atoms with Crippen LogP contribution < -0.4 is 16.0 Å². The number of rotatable bonds is 4. The number of hydrogen-bond donors (Lipinski definition) is 2. The van der Waals surface area contributed by atoms with Gasteiger partial charge in [-0.15, -0.1) is 0 Å². The Morgan fingerprint density at radius 3 is 3.00 bits per heavy atom. The third kappa shape index (κ3) is 2.53. The van der Waals surface area contributed by atoms with Gasteiger partial charge in [-0.3, -0.25) is 11.3 Å². The molecule has 0 aliphatic rings. The molecular formula is C9H14N2O. The second kappa shape index (κ2) is 4.74. The molecule has 0 amide bonds. The summed E-state index contributed by atoms with van der Waals surface area (Å²) >= 11 is 0. The zero-order chi connectivity index (χ0) is 8.81. The van der Waals surface area contributed by atoms with Gasteiger partial charge in [0.1, 0.15) is 5.75 Å². The predicted octanol–water partition coefficient (Wildman–Crippen LogP) is 1.05. The van der Waals surface area contributed by atoms with Crippen molar-refractivity contribution in [2.45, 2.75) is 13.5 Å². The van der Waals surface area contributed by atoms with Crippen molar-refractivity contribution < 1.29 is 4.74 Å². The van der Waals surface area contributed by atoms with E-state index in [4.69, 9.17) is 10.6 Å². The van der Waals surface area contributed by atoms with Crippen molar-refractivity contribution in [1.29, 1.82) is 0 Å². The van der Waals surface area contributed by atoms with E-state index >= 15 is 0 Å². The molecule has 0 unspecified atom stereocenters. The molecule has 0 spiro atoms. The van der Waals surface area contributed by atoms with Crippen LogP contribution in [-0.4, -0.2) is 6.61 Å². The second-order valence-electron chi connectivity index (χ2n) is 2.46. The number of benzene rings is 1. The largest absolute Gasteiger partial charge is 0.494 e. The summed E-state index contributed by atoms with van der Waals surface area (Å²) in [4.78, 5) is 0. The average molecular weight is 166 g/mol. The highest BCUT2D eigenvalue weighted by Crippen LogP contribution is 2.12. The highest BCUT2D eigenvalue weighted by Gasteiger charge is 1.93. The number of hydrazine groups is 1. The predicted molar refractivity (Wildman–Crippen MR) is 48.6 cm³/mol. The maximum absolute atomic E-state index is 5.32. The van der Waals surface area contributed by atoms with Crippen molar-refractivity contribution in [3.63, 3.8) is 0 Å². The summed E-state index contributed by atoms with van der Waals surface area (Å²) in [6.07, 6.45) is 0. The summed E-state index contributed by atoms with van der Waals surface area (Å²) < 4.78 is 5.32. The van der Waals surface area contributed by atoms with E-state index in [9.17, 15) is 0 Å². The highest BCUT2D eigenvalue weighted by molar-refractivity contribution is 5.28. The molecule has 12 heavy (non-hydrogen) atoms. The smallest absolute Gasteiger partial charge is 0.119 e. The Bertz CT molecular complexity index is 216. The van der Waals surface area contributed by atoms with Crippen LogP contribution in [0.2, 0.25) is 0 Å². The number of nitrogens with two attached hydrogens (primary N) is 1. The van der Waals surface area contributed by atoms with Gasteiger partial charge in [-0.05, 0) is 24.6 Å². The van der Waals surface area contributed by atoms with Crippen LogP contribution >= 0.6 is 0 Å². The molecular weight excluding hydrogens is 152 g/mol. The Morgan fingerprint density at radius 1 is 1.50 bits per heavy atom. The summed E-state index contributed by atoms with van der Waals surface area (Å²) in [6.45, 7) is 3.33. The summed E-state index contributed by atoms with van der Waals surface area (Å²) in [5.41, 5.74) is 3.73. The van der Waals surface area contributed by atoms with Crippen molar-refractivity contribution in [3.8, 4) is 5.75 Å². The first kappa shape index (κ1) is 9.03. The van der Waals surface area contributed by atoms with Gasteiger partial charge in [0, 0.05) is 6.54 Å². The lowest BCUT2D eigenvalue weighted by atomic mass is 10.2. The Kier molecular flexibility index (Phi) is 3.57. The van der Waals surface area contributed by atoms with Crippen LogP contribution in [0.5, 0.6) is 5.75 Å². The number of ether oxygens (including phenoxy) is 1. The van der Waals surface area contributed by atoms with Crippen LogP contribution in [0.3, 0.4) is 0 Å². The molecule has 3 nitrogen and oxygen atoms in total. The quantitative estimate of drug-likeness (QED) is 0.519. The van der Waals surface area contributed by atoms with Gasteiger partial charge in [0.25, 0.3) is 0 Å². The highest BCUT2D eigenvalue weighted by atomic mass is 16.5. The Balaban J connectivity index is 2.67. The molecule has 1 aromatic carbocycles. The Hall–Kier alpha value is -1.06. The van der Waals surface area contributed by atoms with E-state index in [-0.39, 0.29) is 0 Å². The minimum Gasteiger partial charge on any atom is -0.494 e. The normalized spacial score (nSPS) is 9.83. The molecule has 0 aliphatic carbocycles. The van der Waals surface area contributed by atoms with E-state index in [1.165, 1.54) is 0 Å². The maximum Gasteiger partial charge on any atom is 0.119 e. The second-order valence-corrected chi connectivity index (χ2v) is 2.46. The molecule has 0 bridgehead atoms. The number of nitrogens with one attached hydrogen (secondary N) is 1. The molecule has 0 aliphatic heterocycles. The lowest BCUT2D eigenvalue weighted by Gasteiger charge is -2.04. The molecule has 1 aromatic rings. The Morgan fingerprint density at radius 2 is 2.33 bits per heavy atom. The zero-order valence-corrected chi connectivity index (χ0v) is 7.21. The van der Waals surface area contributed by atoms with Gasteiger partial charge in [0.15, 0.2) is 0 Å². The summed E-state index contributed by atoms with van der Waals surface area (Å²) in [7, 11) is 0. The molecule has 66 valence electrons. The van der Waals surface area contributed by atoms with E-state index in [1.54, 1.807) is 0 Å². The molecule has 0 radical (unpaired) electrons. The fraction of sp³-hybridized carbons (Fsp3) is 0.333. The van der Waals surface area contributed by atoms with Crippen molar-refractivity contribution in [2.24, 2.45) is 5.84 Å². The molecule has 0 saturated heterocycles. The SMILES string of the molecule is CCOc1cccc(CNN)c1. The van der Waals surface area contributed by atoms with Crippen LogP contribution in [0.4, 0.5) is 0 Å². The van der Waals surface area contributed by atoms with Crippen molar-refractivity contribution in [3.05, 3.63) is 29.8 Å². The van der Waals surface area contributed by atoms with Gasteiger partial charge in [0.2, 0.25) is 0 Å². The lowest BCUT2D eigenvalue weighted by Crippen LogP contribution is -2.20. The fourth-order valence-corrected chi connectivity index (χ4v) is 1.03. The molecule has 0 saturated carbocycles. The van der Waals surface area contributed by atoms with E-state index in [1.807, 2.05) is 31.2 Å². The zero-order valence-electron chi connectivity index (χ0n) is 7.21. The van der Waals surface area contributed by atoms with Crippen LogP contribution in [-0.2, 0) is 6.54 Å². The molecule has 0 atom stereocenters. The molecule has 0 fully saturated rings. The van der Waals surface area contributed by atoms with Gasteiger partial charge >= 0.3 is 0 Å². The number of hydrogen-bond acceptors (Lipinski definition) is 3. The Labute approximate surface area is 72.5 Å². The third-order valence-corrected chi connectivity index (χ3v) is 1.52. The van der Waals surface area contributed by atoms with Gasteiger partial charge in [0.05, 0.1) is 6.61 Å². The molecule has 0 heterocycles. The summed E-state index contributed by atoms with van der Waals surface area (Å²) in [5, 5.41) is 0. The standard InChI is InChI=1S/C9H14N2O/c1-2-12-9-5-3-4-8(6-9)7-11-10/h3-6,11H,2,7,10H2,1H3. The van der Waals surface area contributed by atoms with Gasteiger partial charge in [-0.1, -0.05) is 12.1 Å². The molecule has 1 rings (SSSR count). The van der Waals surface area contributed by atoms with Gasteiger partial charge in [-0.2, -0.15) is 0 Å². The van der Waals surface area contributed by atoms with Crippen LogP contribution in [0.25, 0.3) is 0 Å².